The predicted molar refractivity (Wildman–Crippen MR) is 88.4 cm³/mol. The van der Waals surface area contributed by atoms with Crippen molar-refractivity contribution in [1.82, 2.24) is 15.5 Å². The second-order valence-electron chi connectivity index (χ2n) is 6.35. The summed E-state index contributed by atoms with van der Waals surface area (Å²) in [7, 11) is 0. The fourth-order valence-corrected chi connectivity index (χ4v) is 3.13. The summed E-state index contributed by atoms with van der Waals surface area (Å²) in [6.07, 6.45) is 1.31. The quantitative estimate of drug-likeness (QED) is 0.905. The Morgan fingerprint density at radius 2 is 2.25 bits per heavy atom. The molecule has 5 nitrogen and oxygen atoms in total. The van der Waals surface area contributed by atoms with Crippen LogP contribution in [-0.4, -0.2) is 28.8 Å². The van der Waals surface area contributed by atoms with Crippen LogP contribution in [0.1, 0.15) is 52.8 Å². The molecule has 0 fully saturated rings. The number of benzene rings is 1. The van der Waals surface area contributed by atoms with Gasteiger partial charge in [0.1, 0.15) is 5.82 Å². The summed E-state index contributed by atoms with van der Waals surface area (Å²) in [4.78, 5) is 12.4. The van der Waals surface area contributed by atoms with Crippen molar-refractivity contribution in [2.24, 2.45) is 0 Å². The zero-order chi connectivity index (χ0) is 17.3. The van der Waals surface area contributed by atoms with E-state index in [1.165, 1.54) is 6.07 Å². The number of nitrogens with one attached hydrogen (secondary N) is 2. The normalized spacial score (nSPS) is 19.8. The van der Waals surface area contributed by atoms with Crippen molar-refractivity contribution in [2.45, 2.75) is 45.8 Å². The van der Waals surface area contributed by atoms with Crippen molar-refractivity contribution < 1.29 is 13.9 Å². The SMILES string of the molecule is Cc1cc(CCNC(=O)c2n[nH]c3c2C[C@@H](C)O[C@H]3C)ccc1F. The largest absolute Gasteiger partial charge is 0.369 e. The van der Waals surface area contributed by atoms with E-state index in [1.807, 2.05) is 13.8 Å². The number of amides is 1. The van der Waals surface area contributed by atoms with Gasteiger partial charge in [0.15, 0.2) is 5.69 Å². The highest BCUT2D eigenvalue weighted by Gasteiger charge is 2.29. The van der Waals surface area contributed by atoms with E-state index >= 15 is 0 Å². The number of rotatable bonds is 4. The van der Waals surface area contributed by atoms with Gasteiger partial charge in [-0.25, -0.2) is 4.39 Å². The van der Waals surface area contributed by atoms with E-state index in [-0.39, 0.29) is 23.9 Å². The number of aryl methyl sites for hydroxylation is 1. The topological polar surface area (TPSA) is 67.0 Å². The number of carbonyl (C=O) groups is 1. The number of nitrogens with zero attached hydrogens (tertiary/aromatic N) is 1. The number of hydrogen-bond donors (Lipinski definition) is 2. The zero-order valence-electron chi connectivity index (χ0n) is 14.1. The van der Waals surface area contributed by atoms with E-state index in [4.69, 9.17) is 4.74 Å². The highest BCUT2D eigenvalue weighted by Crippen LogP contribution is 2.29. The van der Waals surface area contributed by atoms with Crippen molar-refractivity contribution in [3.05, 3.63) is 52.1 Å². The van der Waals surface area contributed by atoms with Crippen LogP contribution in [0, 0.1) is 12.7 Å². The maximum Gasteiger partial charge on any atom is 0.272 e. The van der Waals surface area contributed by atoms with Gasteiger partial charge >= 0.3 is 0 Å². The molecule has 0 unspecified atom stereocenters. The minimum absolute atomic E-state index is 0.0684. The summed E-state index contributed by atoms with van der Waals surface area (Å²) in [5.74, 6) is -0.399. The zero-order valence-corrected chi connectivity index (χ0v) is 14.1. The van der Waals surface area contributed by atoms with Crippen LogP contribution < -0.4 is 5.32 Å². The van der Waals surface area contributed by atoms with Crippen LogP contribution in [0.5, 0.6) is 0 Å². The molecule has 0 spiro atoms. The van der Waals surface area contributed by atoms with Gasteiger partial charge in [-0.3, -0.25) is 9.89 Å². The first-order valence-electron chi connectivity index (χ1n) is 8.21. The van der Waals surface area contributed by atoms with E-state index < -0.39 is 0 Å². The number of carbonyl (C=O) groups excluding carboxylic acids is 1. The summed E-state index contributed by atoms with van der Waals surface area (Å²) in [6.45, 7) is 6.15. The Morgan fingerprint density at radius 3 is 3.00 bits per heavy atom. The summed E-state index contributed by atoms with van der Waals surface area (Å²) in [5.41, 5.74) is 3.88. The molecule has 1 aromatic carbocycles. The van der Waals surface area contributed by atoms with Crippen molar-refractivity contribution in [2.75, 3.05) is 6.54 Å². The monoisotopic (exact) mass is 331 g/mol. The third kappa shape index (κ3) is 3.33. The fraction of sp³-hybridized carbons (Fsp3) is 0.444. The highest BCUT2D eigenvalue weighted by molar-refractivity contribution is 5.94. The molecule has 1 aliphatic rings. The van der Waals surface area contributed by atoms with Crippen LogP contribution in [0.4, 0.5) is 4.39 Å². The summed E-state index contributed by atoms with van der Waals surface area (Å²) >= 11 is 0. The van der Waals surface area contributed by atoms with Gasteiger partial charge < -0.3 is 10.1 Å². The van der Waals surface area contributed by atoms with Gasteiger partial charge in [-0.2, -0.15) is 5.10 Å². The van der Waals surface area contributed by atoms with Crippen LogP contribution in [-0.2, 0) is 17.6 Å². The average Bonchev–Trinajstić information content (AvgIpc) is 2.95. The van der Waals surface area contributed by atoms with Gasteiger partial charge in [0, 0.05) is 18.5 Å². The Bertz CT molecular complexity index is 757. The van der Waals surface area contributed by atoms with Crippen LogP contribution in [0.2, 0.25) is 0 Å². The lowest BCUT2D eigenvalue weighted by molar-refractivity contribution is -0.00697. The van der Waals surface area contributed by atoms with Crippen LogP contribution in [0.15, 0.2) is 18.2 Å². The number of halogens is 1. The minimum atomic E-state index is -0.212. The molecule has 0 saturated carbocycles. The number of hydrogen-bond acceptors (Lipinski definition) is 3. The lowest BCUT2D eigenvalue weighted by Crippen LogP contribution is -2.29. The first-order valence-corrected chi connectivity index (χ1v) is 8.21. The molecule has 0 saturated heterocycles. The first-order chi connectivity index (χ1) is 11.5. The Hall–Kier alpha value is -2.21. The van der Waals surface area contributed by atoms with Crippen molar-refractivity contribution in [1.29, 1.82) is 0 Å². The third-order valence-electron chi connectivity index (χ3n) is 4.37. The van der Waals surface area contributed by atoms with E-state index in [0.29, 0.717) is 30.6 Å². The molecule has 3 rings (SSSR count). The maximum atomic E-state index is 13.3. The molecule has 0 radical (unpaired) electrons. The molecule has 0 aliphatic carbocycles. The summed E-state index contributed by atoms with van der Waals surface area (Å²) in [5, 5.41) is 9.98. The van der Waals surface area contributed by atoms with Gasteiger partial charge in [0.2, 0.25) is 0 Å². The van der Waals surface area contributed by atoms with Crippen molar-refractivity contribution in [3.8, 4) is 0 Å². The summed E-state index contributed by atoms with van der Waals surface area (Å²) < 4.78 is 19.0. The number of H-pyrrole nitrogens is 1. The van der Waals surface area contributed by atoms with Gasteiger partial charge in [0.05, 0.1) is 17.9 Å². The molecule has 1 amide bonds. The molecule has 2 heterocycles. The number of fused-ring (bicyclic) bond motifs is 1. The fourth-order valence-electron chi connectivity index (χ4n) is 3.13. The molecule has 128 valence electrons. The van der Waals surface area contributed by atoms with Crippen LogP contribution in [0.3, 0.4) is 0 Å². The molecule has 2 N–H and O–H groups in total. The molecule has 24 heavy (non-hydrogen) atoms. The third-order valence-corrected chi connectivity index (χ3v) is 4.37. The Kier molecular flexibility index (Phi) is 4.66. The molecule has 2 aromatic rings. The molecule has 0 bridgehead atoms. The lowest BCUT2D eigenvalue weighted by Gasteiger charge is -2.25. The smallest absolute Gasteiger partial charge is 0.272 e. The standard InChI is InChI=1S/C18H22FN3O2/c1-10-8-13(4-5-15(10)19)6-7-20-18(23)17-14-9-11(2)24-12(3)16(14)21-22-17/h4-5,8,11-12H,6-7,9H2,1-3H3,(H,20,23)(H,21,22)/t11-,12+/m1/s1. The number of aromatic amines is 1. The Morgan fingerprint density at radius 1 is 1.46 bits per heavy atom. The van der Waals surface area contributed by atoms with Crippen LogP contribution >= 0.6 is 0 Å². The molecule has 2 atom stereocenters. The number of ether oxygens (including phenoxy) is 1. The van der Waals surface area contributed by atoms with Gasteiger partial charge in [-0.15, -0.1) is 0 Å². The highest BCUT2D eigenvalue weighted by atomic mass is 19.1. The second-order valence-corrected chi connectivity index (χ2v) is 6.35. The van der Waals surface area contributed by atoms with Gasteiger partial charge in [-0.05, 0) is 44.4 Å². The van der Waals surface area contributed by atoms with Gasteiger partial charge in [-0.1, -0.05) is 12.1 Å². The van der Waals surface area contributed by atoms with Crippen molar-refractivity contribution >= 4 is 5.91 Å². The molecule has 6 heteroatoms. The second kappa shape index (κ2) is 6.73. The minimum Gasteiger partial charge on any atom is -0.369 e. The van der Waals surface area contributed by atoms with E-state index in [2.05, 4.69) is 15.5 Å². The maximum absolute atomic E-state index is 13.3. The lowest BCUT2D eigenvalue weighted by atomic mass is 9.99. The van der Waals surface area contributed by atoms with E-state index in [9.17, 15) is 9.18 Å². The van der Waals surface area contributed by atoms with E-state index in [1.54, 1.807) is 19.1 Å². The molecular formula is C18H22FN3O2. The van der Waals surface area contributed by atoms with Gasteiger partial charge in [0.25, 0.3) is 5.91 Å². The number of aromatic nitrogens is 2. The molecule has 1 aromatic heterocycles. The Labute approximate surface area is 140 Å². The van der Waals surface area contributed by atoms with Crippen LogP contribution in [0.25, 0.3) is 0 Å². The van der Waals surface area contributed by atoms with Crippen molar-refractivity contribution in [3.63, 3.8) is 0 Å². The molecular weight excluding hydrogens is 309 g/mol. The average molecular weight is 331 g/mol. The Balaban J connectivity index is 1.63. The van der Waals surface area contributed by atoms with E-state index in [0.717, 1.165) is 16.8 Å². The predicted octanol–water partition coefficient (Wildman–Crippen LogP) is 2.85. The summed E-state index contributed by atoms with van der Waals surface area (Å²) in [6, 6.07) is 5.00. The molecule has 1 aliphatic heterocycles. The first kappa shape index (κ1) is 16.6.